The molecule has 0 spiro atoms. The molecule has 2 aromatic carbocycles. The third kappa shape index (κ3) is 5.80. The molecule has 4 aromatic rings. The second-order valence-corrected chi connectivity index (χ2v) is 12.6. The first-order valence-corrected chi connectivity index (χ1v) is 13.6. The van der Waals surface area contributed by atoms with E-state index < -0.39 is 5.56 Å². The Morgan fingerprint density at radius 1 is 1.00 bits per heavy atom. The number of nitrogens with zero attached hydrogens (tertiary/aromatic N) is 3. The molecule has 4 rings (SSSR count). The number of phenols is 1. The van der Waals surface area contributed by atoms with Crippen molar-refractivity contribution in [3.8, 4) is 11.5 Å². The molecular formula is C30H35N3O4S. The molecule has 0 atom stereocenters. The number of thiazole rings is 1. The van der Waals surface area contributed by atoms with Crippen LogP contribution in [0.1, 0.15) is 82.8 Å². The van der Waals surface area contributed by atoms with Crippen LogP contribution in [-0.2, 0) is 17.3 Å². The third-order valence-electron chi connectivity index (χ3n) is 6.26. The Labute approximate surface area is 226 Å². The SMILES string of the molecule is CCCOc1ccc(Cc2nn3c(=O)/c(=C/c4cc(C(C)(C)C)c(O)c(C(C)(C)C)c4)sc3nc2=O)cc1. The fourth-order valence-corrected chi connectivity index (χ4v) is 5.11. The van der Waals surface area contributed by atoms with Gasteiger partial charge in [-0.2, -0.15) is 14.6 Å². The largest absolute Gasteiger partial charge is 0.507 e. The predicted octanol–water partition coefficient (Wildman–Crippen LogP) is 4.74. The highest BCUT2D eigenvalue weighted by atomic mass is 32.1. The number of fused-ring (bicyclic) bond motifs is 1. The van der Waals surface area contributed by atoms with Gasteiger partial charge in [0.2, 0.25) is 4.96 Å². The summed E-state index contributed by atoms with van der Waals surface area (Å²) in [6.07, 6.45) is 2.97. The van der Waals surface area contributed by atoms with Crippen molar-refractivity contribution >= 4 is 22.4 Å². The summed E-state index contributed by atoms with van der Waals surface area (Å²) in [4.78, 5) is 30.4. The zero-order valence-electron chi connectivity index (χ0n) is 23.1. The summed E-state index contributed by atoms with van der Waals surface area (Å²) in [6, 6.07) is 11.3. The van der Waals surface area contributed by atoms with Crippen LogP contribution >= 0.6 is 11.3 Å². The monoisotopic (exact) mass is 533 g/mol. The van der Waals surface area contributed by atoms with Gasteiger partial charge in [-0.1, -0.05) is 71.9 Å². The van der Waals surface area contributed by atoms with E-state index in [1.54, 1.807) is 6.08 Å². The molecule has 0 radical (unpaired) electrons. The Bertz CT molecular complexity index is 1600. The second-order valence-electron chi connectivity index (χ2n) is 11.6. The van der Waals surface area contributed by atoms with Crippen LogP contribution < -0.4 is 20.4 Å². The van der Waals surface area contributed by atoms with E-state index in [9.17, 15) is 14.7 Å². The summed E-state index contributed by atoms with van der Waals surface area (Å²) >= 11 is 1.13. The third-order valence-corrected chi connectivity index (χ3v) is 7.22. The topological polar surface area (TPSA) is 93.8 Å². The number of aromatic nitrogens is 3. The number of aromatic hydroxyl groups is 1. The highest BCUT2D eigenvalue weighted by Gasteiger charge is 2.26. The van der Waals surface area contributed by atoms with Crippen molar-refractivity contribution in [2.75, 3.05) is 6.61 Å². The zero-order chi connectivity index (χ0) is 27.8. The lowest BCUT2D eigenvalue weighted by Gasteiger charge is -2.27. The number of hydrogen-bond donors (Lipinski definition) is 1. The van der Waals surface area contributed by atoms with Crippen molar-refractivity contribution < 1.29 is 9.84 Å². The first-order chi connectivity index (χ1) is 17.8. The molecule has 1 N–H and O–H groups in total. The molecule has 0 amide bonds. The van der Waals surface area contributed by atoms with Crippen molar-refractivity contribution in [2.45, 2.75) is 72.1 Å². The van der Waals surface area contributed by atoms with Gasteiger partial charge in [0, 0.05) is 17.5 Å². The van der Waals surface area contributed by atoms with Gasteiger partial charge in [0.05, 0.1) is 11.1 Å². The van der Waals surface area contributed by atoms with Crippen LogP contribution in [-0.4, -0.2) is 26.3 Å². The molecule has 7 nitrogen and oxygen atoms in total. The summed E-state index contributed by atoms with van der Waals surface area (Å²) < 4.78 is 7.25. The van der Waals surface area contributed by atoms with E-state index in [2.05, 4.69) is 10.1 Å². The van der Waals surface area contributed by atoms with Gasteiger partial charge in [-0.05, 0) is 58.7 Å². The summed E-state index contributed by atoms with van der Waals surface area (Å²) in [6.45, 7) is 15.0. The van der Waals surface area contributed by atoms with E-state index in [0.717, 1.165) is 45.8 Å². The van der Waals surface area contributed by atoms with E-state index in [4.69, 9.17) is 4.74 Å². The maximum atomic E-state index is 13.3. The molecule has 38 heavy (non-hydrogen) atoms. The van der Waals surface area contributed by atoms with E-state index >= 15 is 0 Å². The second kappa shape index (κ2) is 10.3. The number of rotatable bonds is 6. The molecule has 0 unspecified atom stereocenters. The molecular weight excluding hydrogens is 498 g/mol. The van der Waals surface area contributed by atoms with Crippen molar-refractivity contribution in [2.24, 2.45) is 0 Å². The standard InChI is InChI=1S/C30H35N3O4S/c1-8-13-37-20-11-9-18(10-12-20)16-23-26(35)31-28-33(32-23)27(36)24(38-28)17-19-14-21(29(2,3)4)25(34)22(15-19)30(5,6)7/h9-12,14-15,17,34H,8,13,16H2,1-7H3/b24-17-. The summed E-state index contributed by atoms with van der Waals surface area (Å²) in [5.41, 5.74) is 2.15. The number of benzene rings is 2. The van der Waals surface area contributed by atoms with E-state index in [1.165, 1.54) is 4.52 Å². The van der Waals surface area contributed by atoms with Crippen molar-refractivity contribution in [3.05, 3.63) is 89.6 Å². The minimum absolute atomic E-state index is 0.209. The van der Waals surface area contributed by atoms with Crippen LogP contribution in [0.2, 0.25) is 0 Å². The molecule has 8 heteroatoms. The Hall–Kier alpha value is -3.52. The van der Waals surface area contributed by atoms with Gasteiger partial charge in [-0.15, -0.1) is 0 Å². The normalized spacial score (nSPS) is 12.9. The quantitative estimate of drug-likeness (QED) is 0.385. The van der Waals surface area contributed by atoms with Gasteiger partial charge in [0.1, 0.15) is 17.2 Å². The molecule has 0 saturated carbocycles. The Morgan fingerprint density at radius 2 is 1.61 bits per heavy atom. The van der Waals surface area contributed by atoms with Crippen LogP contribution in [0.15, 0.2) is 46.0 Å². The molecule has 2 aromatic heterocycles. The maximum Gasteiger partial charge on any atom is 0.296 e. The highest BCUT2D eigenvalue weighted by Crippen LogP contribution is 2.39. The summed E-state index contributed by atoms with van der Waals surface area (Å²) in [5.74, 6) is 1.05. The number of hydrogen-bond acceptors (Lipinski definition) is 7. The van der Waals surface area contributed by atoms with Gasteiger partial charge >= 0.3 is 0 Å². The zero-order valence-corrected chi connectivity index (χ0v) is 23.9. The fourth-order valence-electron chi connectivity index (χ4n) is 4.20. The van der Waals surface area contributed by atoms with Gasteiger partial charge in [-0.3, -0.25) is 9.59 Å². The smallest absolute Gasteiger partial charge is 0.296 e. The van der Waals surface area contributed by atoms with Crippen LogP contribution in [0.25, 0.3) is 11.0 Å². The lowest BCUT2D eigenvalue weighted by molar-refractivity contribution is 0.317. The molecule has 0 saturated heterocycles. The molecule has 0 aliphatic heterocycles. The minimum atomic E-state index is -0.446. The first kappa shape index (κ1) is 27.5. The summed E-state index contributed by atoms with van der Waals surface area (Å²) in [7, 11) is 0. The highest BCUT2D eigenvalue weighted by molar-refractivity contribution is 7.15. The van der Waals surface area contributed by atoms with Crippen LogP contribution in [0, 0.1) is 0 Å². The van der Waals surface area contributed by atoms with Crippen LogP contribution in [0.3, 0.4) is 0 Å². The van der Waals surface area contributed by atoms with E-state index in [0.29, 0.717) is 11.1 Å². The Morgan fingerprint density at radius 3 is 2.16 bits per heavy atom. The molecule has 2 heterocycles. The number of ether oxygens (including phenoxy) is 1. The van der Waals surface area contributed by atoms with Gasteiger partial charge in [0.25, 0.3) is 11.1 Å². The number of phenolic OH excluding ortho intramolecular Hbond substituents is 1. The molecule has 0 aliphatic carbocycles. The maximum absolute atomic E-state index is 13.3. The predicted molar refractivity (Wildman–Crippen MR) is 153 cm³/mol. The van der Waals surface area contributed by atoms with E-state index in [-0.39, 0.29) is 39.2 Å². The average Bonchev–Trinajstić information content (AvgIpc) is 3.12. The summed E-state index contributed by atoms with van der Waals surface area (Å²) in [5, 5.41) is 15.4. The van der Waals surface area contributed by atoms with Crippen LogP contribution in [0.4, 0.5) is 0 Å². The molecule has 0 aliphatic rings. The average molecular weight is 534 g/mol. The van der Waals surface area contributed by atoms with Gasteiger partial charge < -0.3 is 9.84 Å². The molecule has 0 fully saturated rings. The lowest BCUT2D eigenvalue weighted by Crippen LogP contribution is -2.28. The van der Waals surface area contributed by atoms with Crippen molar-refractivity contribution in [3.63, 3.8) is 0 Å². The fraction of sp³-hybridized carbons (Fsp3) is 0.400. The molecule has 200 valence electrons. The van der Waals surface area contributed by atoms with E-state index in [1.807, 2.05) is 84.9 Å². The lowest BCUT2D eigenvalue weighted by atomic mass is 9.78. The van der Waals surface area contributed by atoms with Crippen molar-refractivity contribution in [1.29, 1.82) is 0 Å². The van der Waals surface area contributed by atoms with Crippen LogP contribution in [0.5, 0.6) is 11.5 Å². The van der Waals surface area contributed by atoms with Crippen molar-refractivity contribution in [1.82, 2.24) is 14.6 Å². The van der Waals surface area contributed by atoms with Gasteiger partial charge in [0.15, 0.2) is 0 Å². The minimum Gasteiger partial charge on any atom is -0.507 e. The first-order valence-electron chi connectivity index (χ1n) is 12.8. The Kier molecular flexibility index (Phi) is 7.48. The van der Waals surface area contributed by atoms with Gasteiger partial charge in [-0.25, -0.2) is 0 Å². The molecule has 0 bridgehead atoms. The Balaban J connectivity index is 1.76.